The Morgan fingerprint density at radius 1 is 1.03 bits per heavy atom. The second-order valence-electron chi connectivity index (χ2n) is 6.29. The first-order chi connectivity index (χ1) is 14.3. The first-order valence-electron chi connectivity index (χ1n) is 8.41. The van der Waals surface area contributed by atoms with Crippen LogP contribution in [0.4, 0.5) is 17.6 Å². The lowest BCUT2D eigenvalue weighted by Gasteiger charge is -2.35. The second-order valence-corrected chi connectivity index (χ2v) is 6.29. The Morgan fingerprint density at radius 2 is 1.80 bits per heavy atom. The molecule has 3 aromatic heterocycles. The highest BCUT2D eigenvalue weighted by Gasteiger charge is 2.58. The van der Waals surface area contributed by atoms with Crippen LogP contribution in [-0.2, 0) is 18.1 Å². The van der Waals surface area contributed by atoms with Crippen LogP contribution in [0.15, 0.2) is 55.2 Å². The molecule has 0 aliphatic heterocycles. The molecule has 0 fully saturated rings. The zero-order chi connectivity index (χ0) is 21.4. The topological polar surface area (TPSA) is 107 Å². The number of nitrogens with zero attached hydrogens (tertiary/aromatic N) is 8. The number of alkyl halides is 2. The number of aliphatic hydroxyl groups is 1. The third-order valence-corrected chi connectivity index (χ3v) is 4.40. The van der Waals surface area contributed by atoms with Crippen molar-refractivity contribution in [2.24, 2.45) is 0 Å². The largest absolute Gasteiger partial charge is 0.377 e. The van der Waals surface area contributed by atoms with Crippen LogP contribution >= 0.6 is 0 Å². The quantitative estimate of drug-likeness (QED) is 0.472. The van der Waals surface area contributed by atoms with Crippen molar-refractivity contribution < 1.29 is 22.7 Å². The molecule has 1 N–H and O–H groups in total. The molecule has 30 heavy (non-hydrogen) atoms. The van der Waals surface area contributed by atoms with Gasteiger partial charge in [-0.25, -0.2) is 13.5 Å². The molecule has 0 spiro atoms. The van der Waals surface area contributed by atoms with Gasteiger partial charge in [0.2, 0.25) is 0 Å². The molecule has 154 valence electrons. The average molecular weight is 420 g/mol. The molecule has 9 nitrogen and oxygen atoms in total. The normalized spacial score (nSPS) is 13.9. The van der Waals surface area contributed by atoms with Crippen molar-refractivity contribution in [2.45, 2.75) is 18.1 Å². The number of halogens is 4. The lowest BCUT2D eigenvalue weighted by Crippen LogP contribution is -2.48. The highest BCUT2D eigenvalue weighted by atomic mass is 19.3. The van der Waals surface area contributed by atoms with Crippen molar-refractivity contribution in [3.05, 3.63) is 78.1 Å². The molecule has 0 saturated carbocycles. The van der Waals surface area contributed by atoms with E-state index < -0.39 is 41.0 Å². The van der Waals surface area contributed by atoms with Crippen molar-refractivity contribution in [3.8, 4) is 5.69 Å². The molecule has 0 radical (unpaired) electrons. The summed E-state index contributed by atoms with van der Waals surface area (Å²) in [5.41, 5.74) is -4.61. The Balaban J connectivity index is 1.80. The molecule has 1 unspecified atom stereocenters. The zero-order valence-corrected chi connectivity index (χ0v) is 14.9. The number of hydrogen-bond acceptors (Lipinski definition) is 7. The Morgan fingerprint density at radius 3 is 2.40 bits per heavy atom. The van der Waals surface area contributed by atoms with E-state index in [0.29, 0.717) is 6.07 Å². The van der Waals surface area contributed by atoms with E-state index in [1.807, 2.05) is 0 Å². The van der Waals surface area contributed by atoms with Gasteiger partial charge in [-0.2, -0.15) is 23.8 Å². The summed E-state index contributed by atoms with van der Waals surface area (Å²) >= 11 is 0. The summed E-state index contributed by atoms with van der Waals surface area (Å²) < 4.78 is 59.7. The molecule has 4 rings (SSSR count). The SMILES string of the molecule is OC(Cn1cnnn1)(c1ccc(F)cc1F)C(F)(F)c1ccc(-n2nccn2)cn1. The minimum atomic E-state index is -4.13. The monoisotopic (exact) mass is 420 g/mol. The van der Waals surface area contributed by atoms with Gasteiger partial charge in [-0.1, -0.05) is 0 Å². The first kappa shape index (κ1) is 19.6. The predicted molar refractivity (Wildman–Crippen MR) is 91.1 cm³/mol. The highest BCUT2D eigenvalue weighted by Crippen LogP contribution is 2.46. The summed E-state index contributed by atoms with van der Waals surface area (Å²) in [7, 11) is 0. The number of aromatic nitrogens is 8. The average Bonchev–Trinajstić information content (AvgIpc) is 3.42. The fourth-order valence-corrected chi connectivity index (χ4v) is 2.92. The summed E-state index contributed by atoms with van der Waals surface area (Å²) in [6.45, 7) is -0.931. The van der Waals surface area contributed by atoms with Gasteiger partial charge in [0.1, 0.15) is 29.3 Å². The Kier molecular flexibility index (Phi) is 4.73. The number of benzene rings is 1. The zero-order valence-electron chi connectivity index (χ0n) is 14.9. The molecule has 1 aromatic carbocycles. The molecular formula is C17H12F4N8O. The third kappa shape index (κ3) is 3.28. The van der Waals surface area contributed by atoms with Gasteiger partial charge in [-0.15, -0.1) is 5.10 Å². The maximum Gasteiger partial charge on any atom is 0.323 e. The van der Waals surface area contributed by atoms with Crippen LogP contribution < -0.4 is 0 Å². The van der Waals surface area contributed by atoms with E-state index in [9.17, 15) is 13.9 Å². The van der Waals surface area contributed by atoms with Crippen molar-refractivity contribution in [1.29, 1.82) is 0 Å². The molecule has 0 saturated heterocycles. The van der Waals surface area contributed by atoms with Gasteiger partial charge >= 0.3 is 5.92 Å². The van der Waals surface area contributed by atoms with Gasteiger partial charge in [-0.05, 0) is 34.7 Å². The van der Waals surface area contributed by atoms with E-state index in [1.165, 1.54) is 18.5 Å². The third-order valence-electron chi connectivity index (χ3n) is 4.40. The Labute approximate surface area is 165 Å². The molecule has 0 amide bonds. The molecule has 0 aliphatic carbocycles. The van der Waals surface area contributed by atoms with E-state index in [2.05, 4.69) is 30.7 Å². The van der Waals surface area contributed by atoms with Crippen LogP contribution in [0.1, 0.15) is 11.3 Å². The Bertz CT molecular complexity index is 1140. The number of hydrogen-bond donors (Lipinski definition) is 1. The lowest BCUT2D eigenvalue weighted by molar-refractivity contribution is -0.207. The standard InChI is InChI=1S/C17H12F4N8O/c18-11-1-3-13(14(19)7-11)16(30,9-28-10-23-26-27-28)17(20,21)15-4-2-12(8-22-15)29-24-5-6-25-29/h1-8,10,30H,9H2. The van der Waals surface area contributed by atoms with E-state index in [1.54, 1.807) is 0 Å². The van der Waals surface area contributed by atoms with E-state index in [4.69, 9.17) is 0 Å². The summed E-state index contributed by atoms with van der Waals surface area (Å²) in [6, 6.07) is 4.11. The second kappa shape index (κ2) is 7.26. The smallest absolute Gasteiger partial charge is 0.323 e. The van der Waals surface area contributed by atoms with Gasteiger partial charge in [-0.3, -0.25) is 4.98 Å². The lowest BCUT2D eigenvalue weighted by atomic mass is 9.84. The molecule has 4 aromatic rings. The number of tetrazole rings is 1. The maximum absolute atomic E-state index is 15.5. The van der Waals surface area contributed by atoms with Gasteiger partial charge in [0.15, 0.2) is 5.60 Å². The van der Waals surface area contributed by atoms with Crippen molar-refractivity contribution in [2.75, 3.05) is 0 Å². The van der Waals surface area contributed by atoms with Crippen LogP contribution in [0.3, 0.4) is 0 Å². The van der Waals surface area contributed by atoms with Crippen molar-refractivity contribution in [1.82, 2.24) is 40.2 Å². The summed E-state index contributed by atoms with van der Waals surface area (Å²) in [6.07, 6.45) is 4.83. The maximum atomic E-state index is 15.5. The first-order valence-corrected chi connectivity index (χ1v) is 8.41. The van der Waals surface area contributed by atoms with Crippen LogP contribution in [0, 0.1) is 11.6 Å². The number of rotatable bonds is 6. The van der Waals surface area contributed by atoms with Crippen molar-refractivity contribution >= 4 is 0 Å². The number of pyridine rings is 1. The van der Waals surface area contributed by atoms with Gasteiger partial charge in [0.25, 0.3) is 0 Å². The summed E-state index contributed by atoms with van der Waals surface area (Å²) in [5.74, 6) is -6.48. The highest BCUT2D eigenvalue weighted by molar-refractivity contribution is 5.33. The van der Waals surface area contributed by atoms with Crippen LogP contribution in [-0.4, -0.2) is 45.3 Å². The van der Waals surface area contributed by atoms with E-state index in [0.717, 1.165) is 40.2 Å². The fourth-order valence-electron chi connectivity index (χ4n) is 2.92. The van der Waals surface area contributed by atoms with Crippen LogP contribution in [0.25, 0.3) is 5.69 Å². The van der Waals surface area contributed by atoms with E-state index in [-0.39, 0.29) is 5.69 Å². The summed E-state index contributed by atoms with van der Waals surface area (Å²) in [4.78, 5) is 4.86. The molecule has 3 heterocycles. The van der Waals surface area contributed by atoms with Gasteiger partial charge < -0.3 is 5.11 Å². The van der Waals surface area contributed by atoms with Crippen molar-refractivity contribution in [3.63, 3.8) is 0 Å². The van der Waals surface area contributed by atoms with Gasteiger partial charge in [0.05, 0.1) is 25.1 Å². The minimum Gasteiger partial charge on any atom is -0.377 e. The molecule has 1 atom stereocenters. The van der Waals surface area contributed by atoms with E-state index >= 15 is 8.78 Å². The summed E-state index contributed by atoms with van der Waals surface area (Å²) in [5, 5.41) is 28.9. The van der Waals surface area contributed by atoms with Gasteiger partial charge in [0, 0.05) is 11.6 Å². The van der Waals surface area contributed by atoms with Crippen LogP contribution in [0.2, 0.25) is 0 Å². The predicted octanol–water partition coefficient (Wildman–Crippen LogP) is 1.61. The van der Waals surface area contributed by atoms with Crippen LogP contribution in [0.5, 0.6) is 0 Å². The Hall–Kier alpha value is -3.74. The molecule has 13 heteroatoms. The molecule has 0 bridgehead atoms. The minimum absolute atomic E-state index is 0.288. The fraction of sp³-hybridized carbons (Fsp3) is 0.176. The molecular weight excluding hydrogens is 408 g/mol. The molecule has 0 aliphatic rings.